The Morgan fingerprint density at radius 2 is 1.89 bits per heavy atom. The van der Waals surface area contributed by atoms with E-state index >= 15 is 0 Å². The Bertz CT molecular complexity index is 394. The van der Waals surface area contributed by atoms with Gasteiger partial charge in [-0.15, -0.1) is 0 Å². The van der Waals surface area contributed by atoms with Crippen LogP contribution in [0.15, 0.2) is 24.3 Å². The van der Waals surface area contributed by atoms with Crippen LogP contribution in [-0.4, -0.2) is 28.5 Å². The first kappa shape index (κ1) is 14.3. The summed E-state index contributed by atoms with van der Waals surface area (Å²) in [5.41, 5.74) is 0.0528. The van der Waals surface area contributed by atoms with Gasteiger partial charge in [0.15, 0.2) is 0 Å². The van der Waals surface area contributed by atoms with Gasteiger partial charge in [-0.2, -0.15) is 0 Å². The van der Waals surface area contributed by atoms with Gasteiger partial charge in [-0.1, -0.05) is 12.1 Å². The summed E-state index contributed by atoms with van der Waals surface area (Å²) in [6.45, 7) is 5.36. The number of hydrogen-bond acceptors (Lipinski definition) is 4. The first-order valence-electron chi connectivity index (χ1n) is 5.72. The van der Waals surface area contributed by atoms with E-state index in [4.69, 9.17) is 9.84 Å². The van der Waals surface area contributed by atoms with Crippen molar-refractivity contribution in [2.24, 2.45) is 0 Å². The maximum absolute atomic E-state index is 11.4. The molecule has 0 radical (unpaired) electrons. The highest BCUT2D eigenvalue weighted by Gasteiger charge is 2.17. The average Bonchev–Trinajstić information content (AvgIpc) is 2.24. The van der Waals surface area contributed by atoms with E-state index in [1.54, 1.807) is 32.9 Å². The van der Waals surface area contributed by atoms with Crippen molar-refractivity contribution in [2.75, 3.05) is 6.54 Å². The smallest absolute Gasteiger partial charge is 0.407 e. The molecule has 1 aromatic rings. The number of alkyl carbamates (subject to hydrolysis) is 1. The summed E-state index contributed by atoms with van der Waals surface area (Å²) in [6, 6.07) is 6.14. The number of phenolic OH excluding ortho intramolecular Hbond substituents is 1. The molecule has 0 saturated carbocycles. The molecule has 1 rings (SSSR count). The normalized spacial score (nSPS) is 12.9. The predicted molar refractivity (Wildman–Crippen MR) is 67.3 cm³/mol. The molecule has 1 unspecified atom stereocenters. The van der Waals surface area contributed by atoms with E-state index in [0.717, 1.165) is 0 Å². The van der Waals surface area contributed by atoms with Gasteiger partial charge in [-0.25, -0.2) is 4.79 Å². The van der Waals surface area contributed by atoms with E-state index in [1.165, 1.54) is 12.1 Å². The Kier molecular flexibility index (Phi) is 4.55. The summed E-state index contributed by atoms with van der Waals surface area (Å²) in [7, 11) is 0. The van der Waals surface area contributed by atoms with Crippen molar-refractivity contribution < 1.29 is 19.7 Å². The van der Waals surface area contributed by atoms with Gasteiger partial charge >= 0.3 is 6.09 Å². The quantitative estimate of drug-likeness (QED) is 0.769. The number of benzene rings is 1. The standard InChI is InChI=1S/C13H19NO4/c1-13(2,3)18-12(17)14-8-11(16)9-4-6-10(15)7-5-9/h4-7,11,15-16H,8H2,1-3H3,(H,14,17). The zero-order valence-electron chi connectivity index (χ0n) is 10.8. The largest absolute Gasteiger partial charge is 0.508 e. The highest BCUT2D eigenvalue weighted by atomic mass is 16.6. The van der Waals surface area contributed by atoms with E-state index in [1.807, 2.05) is 0 Å². The molecule has 3 N–H and O–H groups in total. The molecule has 5 heteroatoms. The zero-order chi connectivity index (χ0) is 13.8. The minimum atomic E-state index is -0.835. The Hall–Kier alpha value is -1.75. The number of amides is 1. The van der Waals surface area contributed by atoms with Crippen LogP contribution in [0.2, 0.25) is 0 Å². The molecule has 0 saturated heterocycles. The number of aliphatic hydroxyl groups is 1. The molecule has 1 atom stereocenters. The van der Waals surface area contributed by atoms with Crippen molar-refractivity contribution in [3.05, 3.63) is 29.8 Å². The number of aromatic hydroxyl groups is 1. The van der Waals surface area contributed by atoms with Crippen LogP contribution in [0, 0.1) is 0 Å². The van der Waals surface area contributed by atoms with Gasteiger partial charge in [0.05, 0.1) is 12.6 Å². The molecule has 0 aliphatic heterocycles. The minimum Gasteiger partial charge on any atom is -0.508 e. The molecule has 100 valence electrons. The predicted octanol–water partition coefficient (Wildman–Crippen LogP) is 1.95. The van der Waals surface area contributed by atoms with Crippen LogP contribution in [-0.2, 0) is 4.74 Å². The molecule has 0 aliphatic carbocycles. The fourth-order valence-corrected chi connectivity index (χ4v) is 1.31. The summed E-state index contributed by atoms with van der Waals surface area (Å²) in [5, 5.41) is 21.4. The van der Waals surface area contributed by atoms with Crippen molar-refractivity contribution in [3.8, 4) is 5.75 Å². The number of ether oxygens (including phenoxy) is 1. The number of phenols is 1. The lowest BCUT2D eigenvalue weighted by molar-refractivity contribution is 0.0491. The van der Waals surface area contributed by atoms with Gasteiger partial charge in [0.1, 0.15) is 11.4 Å². The first-order chi connectivity index (χ1) is 8.28. The Balaban J connectivity index is 2.44. The molecule has 0 heterocycles. The molecule has 1 amide bonds. The molecule has 5 nitrogen and oxygen atoms in total. The van der Waals surface area contributed by atoms with E-state index in [2.05, 4.69) is 5.32 Å². The van der Waals surface area contributed by atoms with Gasteiger partial charge in [0.25, 0.3) is 0 Å². The summed E-state index contributed by atoms with van der Waals surface area (Å²) in [5.74, 6) is 0.131. The van der Waals surface area contributed by atoms with Crippen molar-refractivity contribution >= 4 is 6.09 Å². The number of rotatable bonds is 3. The molecule has 0 spiro atoms. The lowest BCUT2D eigenvalue weighted by Crippen LogP contribution is -2.34. The van der Waals surface area contributed by atoms with Crippen LogP contribution in [0.25, 0.3) is 0 Å². The molecular formula is C13H19NO4. The summed E-state index contributed by atoms with van der Waals surface area (Å²) >= 11 is 0. The third-order valence-corrected chi connectivity index (χ3v) is 2.12. The second-order valence-electron chi connectivity index (χ2n) is 4.99. The van der Waals surface area contributed by atoms with Gasteiger partial charge in [0.2, 0.25) is 0 Å². The maximum atomic E-state index is 11.4. The molecule has 0 aromatic heterocycles. The van der Waals surface area contributed by atoms with Gasteiger partial charge in [-0.05, 0) is 38.5 Å². The fraction of sp³-hybridized carbons (Fsp3) is 0.462. The van der Waals surface area contributed by atoms with Crippen molar-refractivity contribution in [3.63, 3.8) is 0 Å². The maximum Gasteiger partial charge on any atom is 0.407 e. The van der Waals surface area contributed by atoms with E-state index in [-0.39, 0.29) is 12.3 Å². The number of nitrogens with one attached hydrogen (secondary N) is 1. The molecule has 0 fully saturated rings. The number of carbonyl (C=O) groups is 1. The molecule has 18 heavy (non-hydrogen) atoms. The molecular weight excluding hydrogens is 234 g/mol. The van der Waals surface area contributed by atoms with E-state index in [9.17, 15) is 9.90 Å². The van der Waals surface area contributed by atoms with Crippen LogP contribution in [0.1, 0.15) is 32.4 Å². The third-order valence-electron chi connectivity index (χ3n) is 2.12. The van der Waals surface area contributed by atoms with Crippen LogP contribution < -0.4 is 5.32 Å². The molecule has 0 bridgehead atoms. The van der Waals surface area contributed by atoms with Crippen LogP contribution in [0.4, 0.5) is 4.79 Å². The average molecular weight is 253 g/mol. The van der Waals surface area contributed by atoms with Crippen molar-refractivity contribution in [1.29, 1.82) is 0 Å². The first-order valence-corrected chi connectivity index (χ1v) is 5.72. The fourth-order valence-electron chi connectivity index (χ4n) is 1.31. The van der Waals surface area contributed by atoms with Crippen LogP contribution in [0.3, 0.4) is 0 Å². The van der Waals surface area contributed by atoms with Crippen molar-refractivity contribution in [1.82, 2.24) is 5.32 Å². The summed E-state index contributed by atoms with van der Waals surface area (Å²) < 4.78 is 5.04. The van der Waals surface area contributed by atoms with Gasteiger partial charge in [-0.3, -0.25) is 0 Å². The van der Waals surface area contributed by atoms with Crippen molar-refractivity contribution in [2.45, 2.75) is 32.5 Å². The zero-order valence-corrected chi connectivity index (χ0v) is 10.8. The number of carbonyl (C=O) groups excluding carboxylic acids is 1. The Labute approximate surface area is 106 Å². The number of hydrogen-bond donors (Lipinski definition) is 3. The summed E-state index contributed by atoms with van der Waals surface area (Å²) in [6.07, 6.45) is -1.40. The number of aliphatic hydroxyl groups excluding tert-OH is 1. The monoisotopic (exact) mass is 253 g/mol. The van der Waals surface area contributed by atoms with Crippen LogP contribution in [0.5, 0.6) is 5.75 Å². The van der Waals surface area contributed by atoms with E-state index in [0.29, 0.717) is 5.56 Å². The summed E-state index contributed by atoms with van der Waals surface area (Å²) in [4.78, 5) is 11.4. The highest BCUT2D eigenvalue weighted by molar-refractivity contribution is 5.67. The third kappa shape index (κ3) is 5.05. The lowest BCUT2D eigenvalue weighted by atomic mass is 10.1. The lowest BCUT2D eigenvalue weighted by Gasteiger charge is -2.20. The Morgan fingerprint density at radius 1 is 1.33 bits per heavy atom. The molecule has 0 aliphatic rings. The topological polar surface area (TPSA) is 78.8 Å². The van der Waals surface area contributed by atoms with Gasteiger partial charge in [0, 0.05) is 0 Å². The second-order valence-corrected chi connectivity index (χ2v) is 4.99. The molecule has 1 aromatic carbocycles. The van der Waals surface area contributed by atoms with E-state index < -0.39 is 17.8 Å². The second kappa shape index (κ2) is 5.73. The minimum absolute atomic E-state index is 0.0552. The SMILES string of the molecule is CC(C)(C)OC(=O)NCC(O)c1ccc(O)cc1. The van der Waals surface area contributed by atoms with Crippen LogP contribution >= 0.6 is 0 Å². The Morgan fingerprint density at radius 3 is 2.39 bits per heavy atom. The highest BCUT2D eigenvalue weighted by Crippen LogP contribution is 2.16. The van der Waals surface area contributed by atoms with Gasteiger partial charge < -0.3 is 20.3 Å².